The standard InChI is InChI=1S/C23H19N5O3/c1-24-23(30)13-4-8-17-19(10-13)26-22(25-17)21-16-6-3-12(9-18(16)27-28-21)15-7-5-14(29)11-20(15)31-2/h3-11,29H,1-2H3,(H,24,30)(H,25,26)(H,27,28). The summed E-state index contributed by atoms with van der Waals surface area (Å²) in [5.41, 5.74) is 5.39. The molecule has 8 heteroatoms. The first-order valence-corrected chi connectivity index (χ1v) is 9.65. The summed E-state index contributed by atoms with van der Waals surface area (Å²) in [5.74, 6) is 1.19. The first-order valence-electron chi connectivity index (χ1n) is 9.65. The van der Waals surface area contributed by atoms with Crippen molar-refractivity contribution in [1.82, 2.24) is 25.5 Å². The number of imidazole rings is 1. The summed E-state index contributed by atoms with van der Waals surface area (Å²) in [4.78, 5) is 19.8. The Morgan fingerprint density at radius 1 is 1.06 bits per heavy atom. The van der Waals surface area contributed by atoms with Gasteiger partial charge in [-0.05, 0) is 48.0 Å². The van der Waals surface area contributed by atoms with Gasteiger partial charge in [0.1, 0.15) is 17.2 Å². The number of ether oxygens (including phenoxy) is 1. The Morgan fingerprint density at radius 2 is 1.94 bits per heavy atom. The first kappa shape index (κ1) is 18.7. The van der Waals surface area contributed by atoms with Crippen molar-refractivity contribution in [3.05, 3.63) is 60.2 Å². The van der Waals surface area contributed by atoms with Crippen LogP contribution in [0.2, 0.25) is 0 Å². The number of aromatic amines is 2. The number of aromatic nitrogens is 4. The molecule has 0 unspecified atom stereocenters. The van der Waals surface area contributed by atoms with Crippen LogP contribution in [0.25, 0.3) is 44.6 Å². The molecule has 0 bridgehead atoms. The van der Waals surface area contributed by atoms with E-state index in [1.807, 2.05) is 30.3 Å². The largest absolute Gasteiger partial charge is 0.508 e. The molecule has 0 saturated carbocycles. The Bertz CT molecular complexity index is 1450. The maximum atomic E-state index is 11.9. The number of phenolic OH excluding ortho intramolecular Hbond substituents is 1. The van der Waals surface area contributed by atoms with Crippen molar-refractivity contribution < 1.29 is 14.6 Å². The van der Waals surface area contributed by atoms with E-state index in [1.165, 1.54) is 0 Å². The number of amides is 1. The summed E-state index contributed by atoms with van der Waals surface area (Å²) in [6, 6.07) is 16.3. The Balaban J connectivity index is 1.57. The van der Waals surface area contributed by atoms with Gasteiger partial charge in [-0.3, -0.25) is 9.89 Å². The molecular weight excluding hydrogens is 394 g/mol. The minimum absolute atomic E-state index is 0.148. The van der Waals surface area contributed by atoms with Crippen LogP contribution in [0.5, 0.6) is 11.5 Å². The molecular formula is C23H19N5O3. The number of methoxy groups -OCH3 is 1. The van der Waals surface area contributed by atoms with Gasteiger partial charge in [-0.15, -0.1) is 0 Å². The highest BCUT2D eigenvalue weighted by Gasteiger charge is 2.15. The Labute approximate surface area is 176 Å². The summed E-state index contributed by atoms with van der Waals surface area (Å²) < 4.78 is 5.41. The van der Waals surface area contributed by atoms with Crippen LogP contribution in [0.4, 0.5) is 0 Å². The Hall–Kier alpha value is -4.33. The molecule has 2 aromatic heterocycles. The van der Waals surface area contributed by atoms with Crippen LogP contribution in [0.1, 0.15) is 10.4 Å². The molecule has 31 heavy (non-hydrogen) atoms. The fourth-order valence-electron chi connectivity index (χ4n) is 3.69. The molecule has 5 rings (SSSR count). The number of nitrogens with one attached hydrogen (secondary N) is 3. The van der Waals surface area contributed by atoms with Crippen molar-refractivity contribution in [3.8, 4) is 34.1 Å². The van der Waals surface area contributed by atoms with Gasteiger partial charge in [-0.2, -0.15) is 5.10 Å². The average molecular weight is 413 g/mol. The van der Waals surface area contributed by atoms with E-state index in [1.54, 1.807) is 38.4 Å². The van der Waals surface area contributed by atoms with Gasteiger partial charge in [0, 0.05) is 29.6 Å². The third-order valence-electron chi connectivity index (χ3n) is 5.26. The molecule has 0 saturated heterocycles. The predicted octanol–water partition coefficient (Wildman–Crippen LogP) is 3.85. The van der Waals surface area contributed by atoms with Crippen molar-refractivity contribution in [1.29, 1.82) is 0 Å². The smallest absolute Gasteiger partial charge is 0.251 e. The zero-order valence-electron chi connectivity index (χ0n) is 16.9. The highest BCUT2D eigenvalue weighted by atomic mass is 16.5. The molecule has 4 N–H and O–H groups in total. The van der Waals surface area contributed by atoms with Crippen LogP contribution >= 0.6 is 0 Å². The SMILES string of the molecule is CNC(=O)c1ccc2[nH]c(-c3n[nH]c4cc(-c5ccc(O)cc5OC)ccc34)nc2c1. The molecule has 5 aromatic rings. The number of carbonyl (C=O) groups is 1. The second kappa shape index (κ2) is 7.17. The fraction of sp³-hybridized carbons (Fsp3) is 0.0870. The second-order valence-electron chi connectivity index (χ2n) is 7.11. The molecule has 0 aliphatic rings. The van der Waals surface area contributed by atoms with E-state index < -0.39 is 0 Å². The van der Waals surface area contributed by atoms with Crippen LogP contribution in [-0.4, -0.2) is 45.3 Å². The molecule has 2 heterocycles. The Morgan fingerprint density at radius 3 is 2.74 bits per heavy atom. The number of phenols is 1. The van der Waals surface area contributed by atoms with Gasteiger partial charge in [0.15, 0.2) is 5.82 Å². The molecule has 0 aliphatic heterocycles. The minimum Gasteiger partial charge on any atom is -0.508 e. The molecule has 0 spiro atoms. The molecule has 1 amide bonds. The molecule has 0 atom stereocenters. The van der Waals surface area contributed by atoms with Gasteiger partial charge in [0.2, 0.25) is 0 Å². The number of carbonyl (C=O) groups excluding carboxylic acids is 1. The van der Waals surface area contributed by atoms with E-state index in [2.05, 4.69) is 25.5 Å². The maximum absolute atomic E-state index is 11.9. The lowest BCUT2D eigenvalue weighted by atomic mass is 10.0. The minimum atomic E-state index is -0.158. The third-order valence-corrected chi connectivity index (χ3v) is 5.26. The number of hydrogen-bond acceptors (Lipinski definition) is 5. The Kier molecular flexibility index (Phi) is 4.32. The molecule has 154 valence electrons. The number of hydrogen-bond donors (Lipinski definition) is 4. The fourth-order valence-corrected chi connectivity index (χ4v) is 3.69. The first-order chi connectivity index (χ1) is 15.1. The molecule has 0 radical (unpaired) electrons. The van der Waals surface area contributed by atoms with Gasteiger partial charge in [0.25, 0.3) is 5.91 Å². The van der Waals surface area contributed by atoms with Crippen molar-refractivity contribution >= 4 is 27.8 Å². The average Bonchev–Trinajstić information content (AvgIpc) is 3.41. The zero-order chi connectivity index (χ0) is 21.5. The highest BCUT2D eigenvalue weighted by molar-refractivity contribution is 5.99. The van der Waals surface area contributed by atoms with Crippen molar-refractivity contribution in [2.45, 2.75) is 0 Å². The zero-order valence-corrected chi connectivity index (χ0v) is 16.9. The van der Waals surface area contributed by atoms with Crippen molar-refractivity contribution in [2.24, 2.45) is 0 Å². The number of benzene rings is 3. The van der Waals surface area contributed by atoms with Gasteiger partial charge in [0.05, 0.1) is 23.7 Å². The quantitative estimate of drug-likeness (QED) is 0.357. The lowest BCUT2D eigenvalue weighted by Crippen LogP contribution is -2.17. The van der Waals surface area contributed by atoms with Crippen LogP contribution in [0.15, 0.2) is 54.6 Å². The van der Waals surface area contributed by atoms with Gasteiger partial charge >= 0.3 is 0 Å². The number of aromatic hydroxyl groups is 1. The highest BCUT2D eigenvalue weighted by Crippen LogP contribution is 2.35. The summed E-state index contributed by atoms with van der Waals surface area (Å²) in [6.45, 7) is 0. The summed E-state index contributed by atoms with van der Waals surface area (Å²) in [5, 5.41) is 20.8. The molecule has 3 aromatic carbocycles. The lowest BCUT2D eigenvalue weighted by Gasteiger charge is -2.09. The van der Waals surface area contributed by atoms with Gasteiger partial charge in [-0.25, -0.2) is 4.98 Å². The lowest BCUT2D eigenvalue weighted by molar-refractivity contribution is 0.0963. The van der Waals surface area contributed by atoms with Crippen LogP contribution < -0.4 is 10.1 Å². The molecule has 0 aliphatic carbocycles. The number of rotatable bonds is 4. The summed E-state index contributed by atoms with van der Waals surface area (Å²) in [6.07, 6.45) is 0. The predicted molar refractivity (Wildman–Crippen MR) is 118 cm³/mol. The van der Waals surface area contributed by atoms with E-state index in [0.717, 1.165) is 27.5 Å². The number of H-pyrrole nitrogens is 2. The number of nitrogens with zero attached hydrogens (tertiary/aromatic N) is 2. The van der Waals surface area contributed by atoms with Crippen LogP contribution in [-0.2, 0) is 0 Å². The van der Waals surface area contributed by atoms with E-state index >= 15 is 0 Å². The summed E-state index contributed by atoms with van der Waals surface area (Å²) >= 11 is 0. The van der Waals surface area contributed by atoms with Gasteiger partial charge in [-0.1, -0.05) is 6.07 Å². The van der Waals surface area contributed by atoms with E-state index in [9.17, 15) is 9.90 Å². The topological polar surface area (TPSA) is 116 Å². The van der Waals surface area contributed by atoms with Crippen LogP contribution in [0.3, 0.4) is 0 Å². The van der Waals surface area contributed by atoms with E-state index in [4.69, 9.17) is 4.74 Å². The third kappa shape index (κ3) is 3.14. The van der Waals surface area contributed by atoms with E-state index in [0.29, 0.717) is 28.3 Å². The number of fused-ring (bicyclic) bond motifs is 2. The van der Waals surface area contributed by atoms with Crippen molar-refractivity contribution in [3.63, 3.8) is 0 Å². The summed E-state index contributed by atoms with van der Waals surface area (Å²) in [7, 11) is 3.17. The van der Waals surface area contributed by atoms with E-state index in [-0.39, 0.29) is 11.7 Å². The molecule has 8 nitrogen and oxygen atoms in total. The van der Waals surface area contributed by atoms with Gasteiger partial charge < -0.3 is 20.1 Å². The monoisotopic (exact) mass is 413 g/mol. The van der Waals surface area contributed by atoms with Crippen molar-refractivity contribution in [2.75, 3.05) is 14.2 Å². The maximum Gasteiger partial charge on any atom is 0.251 e. The van der Waals surface area contributed by atoms with Crippen LogP contribution in [0, 0.1) is 0 Å². The molecule has 0 fully saturated rings. The normalized spacial score (nSPS) is 11.2. The second-order valence-corrected chi connectivity index (χ2v) is 7.11.